The molecule has 0 saturated heterocycles. The van der Waals surface area contributed by atoms with E-state index in [4.69, 9.17) is 4.74 Å². The summed E-state index contributed by atoms with van der Waals surface area (Å²) in [6, 6.07) is 2.59. The largest absolute Gasteiger partial charge is 0.445 e. The summed E-state index contributed by atoms with van der Waals surface area (Å²) in [4.78, 5) is 7.11. The van der Waals surface area contributed by atoms with Crippen LogP contribution in [0.1, 0.15) is 6.92 Å². The first-order valence-corrected chi connectivity index (χ1v) is 4.75. The van der Waals surface area contributed by atoms with Crippen LogP contribution >= 0.6 is 0 Å². The summed E-state index contributed by atoms with van der Waals surface area (Å²) in [6.07, 6.45) is 0.859. The Labute approximate surface area is 95.7 Å². The Kier molecular flexibility index (Phi) is 2.87. The molecule has 17 heavy (non-hydrogen) atoms. The van der Waals surface area contributed by atoms with Crippen molar-refractivity contribution < 1.29 is 17.9 Å². The number of halogens is 3. The van der Waals surface area contributed by atoms with Crippen LogP contribution in [0.3, 0.4) is 0 Å². The minimum Gasteiger partial charge on any atom is -0.445 e. The smallest absolute Gasteiger partial charge is 0.323 e. The molecule has 6 heteroatoms. The Balaban J connectivity index is 2.29. The first-order chi connectivity index (χ1) is 8.01. The van der Waals surface area contributed by atoms with E-state index >= 15 is 0 Å². The van der Waals surface area contributed by atoms with Crippen LogP contribution in [-0.2, 0) is 0 Å². The van der Waals surface area contributed by atoms with Crippen LogP contribution in [0.4, 0.5) is 13.2 Å². The molecule has 0 aromatic heterocycles. The molecule has 89 valence electrons. The van der Waals surface area contributed by atoms with Crippen molar-refractivity contribution in [3.63, 3.8) is 0 Å². The SMILES string of the molecule is CC1=N[CH]N=CC1(F)Oc1ccc(F)cc1F. The van der Waals surface area contributed by atoms with E-state index in [0.29, 0.717) is 6.07 Å². The van der Waals surface area contributed by atoms with Gasteiger partial charge in [-0.15, -0.1) is 0 Å². The van der Waals surface area contributed by atoms with E-state index in [0.717, 1.165) is 25.0 Å². The van der Waals surface area contributed by atoms with Gasteiger partial charge in [0.15, 0.2) is 18.2 Å². The summed E-state index contributed by atoms with van der Waals surface area (Å²) in [6.45, 7) is 2.53. The van der Waals surface area contributed by atoms with Crippen molar-refractivity contribution in [2.24, 2.45) is 9.98 Å². The summed E-state index contributed by atoms with van der Waals surface area (Å²) in [5.41, 5.74) is -0.0174. The average Bonchev–Trinajstić information content (AvgIpc) is 2.27. The zero-order valence-electron chi connectivity index (χ0n) is 8.82. The van der Waals surface area contributed by atoms with Crippen LogP contribution in [0.5, 0.6) is 5.75 Å². The minimum absolute atomic E-state index is 0.0174. The lowest BCUT2D eigenvalue weighted by molar-refractivity contribution is 0.0709. The molecule has 0 spiro atoms. The van der Waals surface area contributed by atoms with E-state index in [2.05, 4.69) is 9.98 Å². The van der Waals surface area contributed by atoms with Gasteiger partial charge in [0.25, 0.3) is 0 Å². The topological polar surface area (TPSA) is 34.0 Å². The van der Waals surface area contributed by atoms with E-state index < -0.39 is 23.2 Å². The number of hydrogen-bond acceptors (Lipinski definition) is 3. The maximum atomic E-state index is 14.1. The fourth-order valence-corrected chi connectivity index (χ4v) is 1.25. The van der Waals surface area contributed by atoms with Crippen LogP contribution in [0, 0.1) is 18.3 Å². The summed E-state index contributed by atoms with van der Waals surface area (Å²) in [7, 11) is 0. The van der Waals surface area contributed by atoms with Gasteiger partial charge < -0.3 is 4.74 Å². The van der Waals surface area contributed by atoms with Crippen molar-refractivity contribution in [2.75, 3.05) is 0 Å². The van der Waals surface area contributed by atoms with Gasteiger partial charge in [0.05, 0.1) is 11.9 Å². The van der Waals surface area contributed by atoms with E-state index in [-0.39, 0.29) is 5.71 Å². The first-order valence-electron chi connectivity index (χ1n) is 4.75. The number of aliphatic imine (C=N–C) groups is 2. The molecule has 0 bridgehead atoms. The third kappa shape index (κ3) is 2.30. The van der Waals surface area contributed by atoms with Gasteiger partial charge in [-0.05, 0) is 19.1 Å². The second kappa shape index (κ2) is 4.20. The molecule has 1 aromatic rings. The van der Waals surface area contributed by atoms with Gasteiger partial charge in [-0.25, -0.2) is 8.78 Å². The van der Waals surface area contributed by atoms with Crippen molar-refractivity contribution in [1.82, 2.24) is 0 Å². The standard InChI is InChI=1S/C11H8F3N2O/c1-7-11(14,5-15-6-16-7)17-10-3-2-8(12)4-9(10)13/h2-6H,1H3. The van der Waals surface area contributed by atoms with Crippen LogP contribution in [0.25, 0.3) is 0 Å². The monoisotopic (exact) mass is 241 g/mol. The maximum absolute atomic E-state index is 14.1. The highest BCUT2D eigenvalue weighted by molar-refractivity contribution is 6.05. The molecule has 1 heterocycles. The predicted octanol–water partition coefficient (Wildman–Crippen LogP) is 2.67. The van der Waals surface area contributed by atoms with Gasteiger partial charge in [-0.1, -0.05) is 0 Å². The molecule has 2 rings (SSSR count). The molecule has 0 fully saturated rings. The zero-order chi connectivity index (χ0) is 12.5. The number of ether oxygens (including phenoxy) is 1. The van der Waals surface area contributed by atoms with Gasteiger partial charge in [0, 0.05) is 6.07 Å². The predicted molar refractivity (Wildman–Crippen MR) is 56.7 cm³/mol. The zero-order valence-corrected chi connectivity index (χ0v) is 8.82. The Hall–Kier alpha value is -1.85. The molecule has 1 aliphatic rings. The Morgan fingerprint density at radius 2 is 2.06 bits per heavy atom. The molecule has 0 amide bonds. The number of benzene rings is 1. The number of rotatable bonds is 2. The van der Waals surface area contributed by atoms with Crippen LogP contribution < -0.4 is 4.74 Å². The van der Waals surface area contributed by atoms with Crippen molar-refractivity contribution >= 4 is 11.9 Å². The second-order valence-corrected chi connectivity index (χ2v) is 3.43. The summed E-state index contributed by atoms with van der Waals surface area (Å²) in [5.74, 6) is -4.57. The fourth-order valence-electron chi connectivity index (χ4n) is 1.25. The van der Waals surface area contributed by atoms with Gasteiger partial charge in [-0.3, -0.25) is 9.98 Å². The van der Waals surface area contributed by atoms with Crippen LogP contribution in [-0.4, -0.2) is 17.8 Å². The first kappa shape index (κ1) is 11.6. The van der Waals surface area contributed by atoms with Gasteiger partial charge in [0.1, 0.15) is 5.82 Å². The highest BCUT2D eigenvalue weighted by Crippen LogP contribution is 2.25. The Morgan fingerprint density at radius 1 is 1.29 bits per heavy atom. The molecule has 1 aromatic carbocycles. The fraction of sp³-hybridized carbons (Fsp3) is 0.182. The quantitative estimate of drug-likeness (QED) is 0.783. The molecule has 0 aliphatic carbocycles. The number of nitrogens with zero attached hydrogens (tertiary/aromatic N) is 2. The minimum atomic E-state index is -2.41. The molecule has 0 saturated carbocycles. The van der Waals surface area contributed by atoms with Crippen molar-refractivity contribution in [1.29, 1.82) is 0 Å². The Morgan fingerprint density at radius 3 is 2.71 bits per heavy atom. The lowest BCUT2D eigenvalue weighted by Crippen LogP contribution is -2.42. The average molecular weight is 241 g/mol. The molecule has 1 radical (unpaired) electrons. The molecular formula is C11H8F3N2O. The van der Waals surface area contributed by atoms with Crippen molar-refractivity contribution in [3.05, 3.63) is 36.5 Å². The third-order valence-corrected chi connectivity index (χ3v) is 2.20. The normalized spacial score (nSPS) is 23.4. The van der Waals surface area contributed by atoms with Gasteiger partial charge in [0.2, 0.25) is 0 Å². The third-order valence-electron chi connectivity index (χ3n) is 2.20. The number of alkyl halides is 1. The van der Waals surface area contributed by atoms with E-state index in [1.807, 2.05) is 0 Å². The van der Waals surface area contributed by atoms with Gasteiger partial charge >= 0.3 is 5.85 Å². The maximum Gasteiger partial charge on any atom is 0.323 e. The van der Waals surface area contributed by atoms with E-state index in [1.165, 1.54) is 6.92 Å². The van der Waals surface area contributed by atoms with Crippen molar-refractivity contribution in [3.8, 4) is 5.75 Å². The Bertz CT molecular complexity index is 501. The van der Waals surface area contributed by atoms with E-state index in [1.54, 1.807) is 0 Å². The molecule has 1 unspecified atom stereocenters. The highest BCUT2D eigenvalue weighted by Gasteiger charge is 2.36. The molecule has 0 N–H and O–H groups in total. The summed E-state index contributed by atoms with van der Waals surface area (Å²) in [5, 5.41) is 0. The lowest BCUT2D eigenvalue weighted by atomic mass is 10.2. The van der Waals surface area contributed by atoms with Gasteiger partial charge in [-0.2, -0.15) is 4.39 Å². The highest BCUT2D eigenvalue weighted by atomic mass is 19.2. The molecule has 3 nitrogen and oxygen atoms in total. The van der Waals surface area contributed by atoms with Crippen LogP contribution in [0.15, 0.2) is 28.2 Å². The number of hydrogen-bond donors (Lipinski definition) is 0. The lowest BCUT2D eigenvalue weighted by Gasteiger charge is -2.24. The van der Waals surface area contributed by atoms with Crippen LogP contribution in [0.2, 0.25) is 0 Å². The molecular weight excluding hydrogens is 233 g/mol. The second-order valence-electron chi connectivity index (χ2n) is 3.43. The summed E-state index contributed by atoms with van der Waals surface area (Å²) >= 11 is 0. The molecule has 1 atom stereocenters. The van der Waals surface area contributed by atoms with E-state index in [9.17, 15) is 13.2 Å². The van der Waals surface area contributed by atoms with Crippen molar-refractivity contribution in [2.45, 2.75) is 12.8 Å². The summed E-state index contributed by atoms with van der Waals surface area (Å²) < 4.78 is 44.9. The molecule has 1 aliphatic heterocycles.